The number of fused-ring (bicyclic) bond motifs is 1. The molecular formula is C16H23N3O. The Labute approximate surface area is 119 Å². The molecule has 2 aromatic rings. The van der Waals surface area contributed by atoms with Crippen molar-refractivity contribution in [3.8, 4) is 0 Å². The Morgan fingerprint density at radius 1 is 1.35 bits per heavy atom. The van der Waals surface area contributed by atoms with Crippen LogP contribution in [0.4, 0.5) is 0 Å². The maximum atomic E-state index is 9.49. The maximum absolute atomic E-state index is 9.49. The molecule has 2 unspecified atom stereocenters. The Kier molecular flexibility index (Phi) is 4.03. The Hall–Kier alpha value is -1.39. The van der Waals surface area contributed by atoms with E-state index in [1.807, 2.05) is 18.2 Å². The predicted octanol–water partition coefficient (Wildman–Crippen LogP) is 2.28. The second kappa shape index (κ2) is 5.94. The molecule has 2 atom stereocenters. The topological polar surface area (TPSA) is 49.6 Å². The molecule has 4 nitrogen and oxygen atoms in total. The van der Waals surface area contributed by atoms with Crippen LogP contribution in [0.3, 0.4) is 0 Å². The molecule has 2 aromatic heterocycles. The third-order valence-corrected chi connectivity index (χ3v) is 4.50. The minimum Gasteiger partial charge on any atom is -0.396 e. The Morgan fingerprint density at radius 2 is 2.20 bits per heavy atom. The summed E-state index contributed by atoms with van der Waals surface area (Å²) in [5.41, 5.74) is 3.31. The number of hydrogen-bond acceptors (Lipinski definition) is 3. The van der Waals surface area contributed by atoms with E-state index in [0.29, 0.717) is 18.6 Å². The van der Waals surface area contributed by atoms with Crippen molar-refractivity contribution >= 4 is 5.65 Å². The van der Waals surface area contributed by atoms with E-state index in [9.17, 15) is 5.11 Å². The van der Waals surface area contributed by atoms with Gasteiger partial charge in [-0.05, 0) is 37.8 Å². The van der Waals surface area contributed by atoms with Gasteiger partial charge >= 0.3 is 0 Å². The van der Waals surface area contributed by atoms with E-state index in [0.717, 1.165) is 24.3 Å². The van der Waals surface area contributed by atoms with Crippen molar-refractivity contribution in [3.63, 3.8) is 0 Å². The second-order valence-electron chi connectivity index (χ2n) is 5.79. The fourth-order valence-corrected chi connectivity index (χ4v) is 3.30. The first-order chi connectivity index (χ1) is 9.79. The van der Waals surface area contributed by atoms with Gasteiger partial charge in [0.1, 0.15) is 5.65 Å². The number of aliphatic hydroxyl groups is 1. The Morgan fingerprint density at radius 3 is 3.05 bits per heavy atom. The highest BCUT2D eigenvalue weighted by atomic mass is 16.3. The molecule has 1 fully saturated rings. The van der Waals surface area contributed by atoms with Crippen LogP contribution in [-0.4, -0.2) is 27.1 Å². The van der Waals surface area contributed by atoms with E-state index in [2.05, 4.69) is 27.8 Å². The van der Waals surface area contributed by atoms with Gasteiger partial charge in [0.15, 0.2) is 0 Å². The summed E-state index contributed by atoms with van der Waals surface area (Å²) in [7, 11) is 0. The minimum absolute atomic E-state index is 0.295. The molecule has 1 saturated carbocycles. The van der Waals surface area contributed by atoms with E-state index in [4.69, 9.17) is 0 Å². The smallest absolute Gasteiger partial charge is 0.137 e. The molecule has 20 heavy (non-hydrogen) atoms. The first-order valence-electron chi connectivity index (χ1n) is 7.56. The number of rotatable bonds is 4. The van der Waals surface area contributed by atoms with Gasteiger partial charge in [-0.1, -0.05) is 18.9 Å². The molecule has 0 radical (unpaired) electrons. The van der Waals surface area contributed by atoms with Crippen LogP contribution in [0.15, 0.2) is 24.4 Å². The summed E-state index contributed by atoms with van der Waals surface area (Å²) in [5.74, 6) is 0.406. The van der Waals surface area contributed by atoms with Crippen LogP contribution < -0.4 is 5.32 Å². The van der Waals surface area contributed by atoms with Crippen molar-refractivity contribution in [3.05, 3.63) is 35.8 Å². The van der Waals surface area contributed by atoms with Crippen molar-refractivity contribution in [2.24, 2.45) is 5.92 Å². The lowest BCUT2D eigenvalue weighted by Gasteiger charge is -2.31. The van der Waals surface area contributed by atoms with Gasteiger partial charge in [0.05, 0.1) is 11.4 Å². The van der Waals surface area contributed by atoms with Gasteiger partial charge in [-0.3, -0.25) is 0 Å². The molecule has 1 aliphatic carbocycles. The van der Waals surface area contributed by atoms with Crippen LogP contribution in [0.25, 0.3) is 5.65 Å². The fraction of sp³-hybridized carbons (Fsp3) is 0.562. The zero-order chi connectivity index (χ0) is 13.9. The van der Waals surface area contributed by atoms with E-state index >= 15 is 0 Å². The van der Waals surface area contributed by atoms with Crippen molar-refractivity contribution in [1.29, 1.82) is 0 Å². The molecule has 1 aliphatic rings. The Bertz CT molecular complexity index is 578. The van der Waals surface area contributed by atoms with Crippen molar-refractivity contribution in [2.75, 3.05) is 6.61 Å². The van der Waals surface area contributed by atoms with Crippen LogP contribution in [-0.2, 0) is 6.54 Å². The van der Waals surface area contributed by atoms with Gasteiger partial charge in [0.25, 0.3) is 0 Å². The highest BCUT2D eigenvalue weighted by Crippen LogP contribution is 2.24. The van der Waals surface area contributed by atoms with Crippen LogP contribution >= 0.6 is 0 Å². The van der Waals surface area contributed by atoms with Crippen molar-refractivity contribution in [2.45, 2.75) is 45.2 Å². The molecule has 2 heterocycles. The average molecular weight is 273 g/mol. The third kappa shape index (κ3) is 2.58. The molecule has 108 valence electrons. The van der Waals surface area contributed by atoms with Crippen LogP contribution in [0, 0.1) is 12.8 Å². The van der Waals surface area contributed by atoms with Crippen LogP contribution in [0.5, 0.6) is 0 Å². The number of hydrogen-bond donors (Lipinski definition) is 2. The lowest BCUT2D eigenvalue weighted by Crippen LogP contribution is -2.40. The standard InChI is InChI=1S/C16H23N3O/c1-12-15(19-9-5-4-8-16(19)18-12)10-17-14-7-3-2-6-13(14)11-20/h4-5,8-9,13-14,17,20H,2-3,6-7,10-11H2,1H3. The Balaban J connectivity index is 1.74. The normalized spacial score (nSPS) is 23.3. The summed E-state index contributed by atoms with van der Waals surface area (Å²) in [5, 5.41) is 13.1. The zero-order valence-electron chi connectivity index (χ0n) is 12.0. The number of imidazole rings is 1. The van der Waals surface area contributed by atoms with E-state index < -0.39 is 0 Å². The third-order valence-electron chi connectivity index (χ3n) is 4.50. The SMILES string of the molecule is Cc1nc2ccccn2c1CNC1CCCCC1CO. The van der Waals surface area contributed by atoms with Crippen molar-refractivity contribution in [1.82, 2.24) is 14.7 Å². The number of pyridine rings is 1. The van der Waals surface area contributed by atoms with E-state index in [-0.39, 0.29) is 0 Å². The van der Waals surface area contributed by atoms with Gasteiger partial charge < -0.3 is 14.8 Å². The molecule has 4 heteroatoms. The summed E-state index contributed by atoms with van der Waals surface area (Å²) >= 11 is 0. The summed E-state index contributed by atoms with van der Waals surface area (Å²) in [4.78, 5) is 4.59. The van der Waals surface area contributed by atoms with Gasteiger partial charge in [0.2, 0.25) is 0 Å². The number of nitrogens with zero attached hydrogens (tertiary/aromatic N) is 2. The molecule has 2 N–H and O–H groups in total. The number of aliphatic hydroxyl groups excluding tert-OH is 1. The molecule has 3 rings (SSSR count). The lowest BCUT2D eigenvalue weighted by atomic mass is 9.85. The second-order valence-corrected chi connectivity index (χ2v) is 5.79. The van der Waals surface area contributed by atoms with Gasteiger partial charge in [0, 0.05) is 25.4 Å². The van der Waals surface area contributed by atoms with Crippen LogP contribution in [0.2, 0.25) is 0 Å². The quantitative estimate of drug-likeness (QED) is 0.898. The first-order valence-corrected chi connectivity index (χ1v) is 7.56. The minimum atomic E-state index is 0.295. The fourth-order valence-electron chi connectivity index (χ4n) is 3.30. The molecule has 0 amide bonds. The van der Waals surface area contributed by atoms with E-state index in [1.54, 1.807) is 0 Å². The summed E-state index contributed by atoms with van der Waals surface area (Å²) < 4.78 is 2.15. The predicted molar refractivity (Wildman–Crippen MR) is 79.6 cm³/mol. The number of aryl methyl sites for hydroxylation is 1. The number of aromatic nitrogens is 2. The summed E-state index contributed by atoms with van der Waals surface area (Å²) in [6.07, 6.45) is 6.89. The molecule has 0 saturated heterocycles. The molecule has 0 aromatic carbocycles. The summed E-state index contributed by atoms with van der Waals surface area (Å²) in [6.45, 7) is 3.18. The summed E-state index contributed by atoms with van der Waals surface area (Å²) in [6, 6.07) is 6.52. The average Bonchev–Trinajstić information content (AvgIpc) is 2.81. The van der Waals surface area contributed by atoms with Gasteiger partial charge in [-0.25, -0.2) is 4.98 Å². The monoisotopic (exact) mass is 273 g/mol. The largest absolute Gasteiger partial charge is 0.396 e. The highest BCUT2D eigenvalue weighted by Gasteiger charge is 2.24. The molecular weight excluding hydrogens is 250 g/mol. The lowest BCUT2D eigenvalue weighted by molar-refractivity contribution is 0.152. The van der Waals surface area contributed by atoms with Gasteiger partial charge in [-0.15, -0.1) is 0 Å². The maximum Gasteiger partial charge on any atom is 0.137 e. The molecule has 0 bridgehead atoms. The highest BCUT2D eigenvalue weighted by molar-refractivity contribution is 5.42. The van der Waals surface area contributed by atoms with Gasteiger partial charge in [-0.2, -0.15) is 0 Å². The molecule has 0 aliphatic heterocycles. The van der Waals surface area contributed by atoms with E-state index in [1.165, 1.54) is 25.0 Å². The molecule has 0 spiro atoms. The van der Waals surface area contributed by atoms with Crippen LogP contribution in [0.1, 0.15) is 37.1 Å². The first kappa shape index (κ1) is 13.6. The number of nitrogens with one attached hydrogen (secondary N) is 1. The van der Waals surface area contributed by atoms with Crippen molar-refractivity contribution < 1.29 is 5.11 Å². The zero-order valence-corrected chi connectivity index (χ0v) is 12.0.